The minimum absolute atomic E-state index is 0.0413. The van der Waals surface area contributed by atoms with Crippen molar-refractivity contribution in [1.29, 1.82) is 0 Å². The average Bonchev–Trinajstić information content (AvgIpc) is 2.32. The lowest BCUT2D eigenvalue weighted by molar-refractivity contribution is 0.0473. The first-order chi connectivity index (χ1) is 5.04. The molecule has 5 nitrogen and oxygen atoms in total. The highest BCUT2D eigenvalue weighted by molar-refractivity contribution is 5.66. The number of rotatable bonds is 2. The van der Waals surface area contributed by atoms with Gasteiger partial charge in [-0.3, -0.25) is 4.79 Å². The number of aromatic nitrogens is 2. The van der Waals surface area contributed by atoms with Gasteiger partial charge in [0.1, 0.15) is 5.60 Å². The van der Waals surface area contributed by atoms with E-state index in [2.05, 4.69) is 10.2 Å². The third-order valence-corrected chi connectivity index (χ3v) is 1.06. The van der Waals surface area contributed by atoms with Gasteiger partial charge in [-0.15, -0.1) is 10.2 Å². The maximum Gasteiger partial charge on any atom is 0.280 e. The van der Waals surface area contributed by atoms with Crippen LogP contribution in [-0.2, 0) is 5.60 Å². The lowest BCUT2D eigenvalue weighted by Gasteiger charge is -2.09. The molecule has 0 saturated heterocycles. The van der Waals surface area contributed by atoms with Crippen molar-refractivity contribution >= 4 is 6.29 Å². The zero-order valence-corrected chi connectivity index (χ0v) is 6.24. The molecule has 0 amide bonds. The monoisotopic (exact) mass is 156 g/mol. The molecule has 1 N–H and O–H groups in total. The Kier molecular flexibility index (Phi) is 1.74. The Morgan fingerprint density at radius 3 is 2.45 bits per heavy atom. The maximum absolute atomic E-state index is 10.1. The molecule has 0 bridgehead atoms. The first-order valence-electron chi connectivity index (χ1n) is 3.05. The molecule has 0 radical (unpaired) electrons. The summed E-state index contributed by atoms with van der Waals surface area (Å²) in [6.45, 7) is 2.99. The molecule has 1 heterocycles. The van der Waals surface area contributed by atoms with Crippen molar-refractivity contribution in [1.82, 2.24) is 10.2 Å². The lowest BCUT2D eigenvalue weighted by Crippen LogP contribution is -2.15. The quantitative estimate of drug-likeness (QED) is 0.615. The van der Waals surface area contributed by atoms with E-state index in [0.29, 0.717) is 6.29 Å². The molecular formula is C6H8N2O3. The van der Waals surface area contributed by atoms with Crippen LogP contribution in [-0.4, -0.2) is 21.6 Å². The molecule has 5 heteroatoms. The smallest absolute Gasteiger partial charge is 0.280 e. The highest BCUT2D eigenvalue weighted by atomic mass is 16.4. The number of aldehydes is 1. The average molecular weight is 156 g/mol. The van der Waals surface area contributed by atoms with E-state index in [-0.39, 0.29) is 11.8 Å². The Morgan fingerprint density at radius 1 is 1.55 bits per heavy atom. The zero-order valence-electron chi connectivity index (χ0n) is 6.24. The van der Waals surface area contributed by atoms with E-state index >= 15 is 0 Å². The molecule has 1 aromatic rings. The number of carbonyl (C=O) groups is 1. The van der Waals surface area contributed by atoms with Gasteiger partial charge in [-0.25, -0.2) is 0 Å². The minimum atomic E-state index is -1.19. The Labute approximate surface area is 63.0 Å². The Balaban J connectivity index is 2.98. The van der Waals surface area contributed by atoms with E-state index in [4.69, 9.17) is 4.42 Å². The number of hydrogen-bond acceptors (Lipinski definition) is 5. The van der Waals surface area contributed by atoms with Crippen molar-refractivity contribution in [3.05, 3.63) is 11.8 Å². The van der Waals surface area contributed by atoms with E-state index in [9.17, 15) is 9.90 Å². The summed E-state index contributed by atoms with van der Waals surface area (Å²) in [5, 5.41) is 16.1. The van der Waals surface area contributed by atoms with Gasteiger partial charge in [-0.2, -0.15) is 0 Å². The fourth-order valence-corrected chi connectivity index (χ4v) is 0.529. The van der Waals surface area contributed by atoms with E-state index in [0.717, 1.165) is 0 Å². The number of carbonyl (C=O) groups excluding carboxylic acids is 1. The molecule has 0 saturated carbocycles. The van der Waals surface area contributed by atoms with Gasteiger partial charge in [0.05, 0.1) is 0 Å². The van der Waals surface area contributed by atoms with Crippen LogP contribution in [0.3, 0.4) is 0 Å². The molecule has 0 aliphatic rings. The van der Waals surface area contributed by atoms with Crippen LogP contribution in [0, 0.1) is 0 Å². The van der Waals surface area contributed by atoms with Gasteiger partial charge >= 0.3 is 0 Å². The maximum atomic E-state index is 10.1. The van der Waals surface area contributed by atoms with E-state index in [1.54, 1.807) is 0 Å². The van der Waals surface area contributed by atoms with Crippen LogP contribution < -0.4 is 0 Å². The van der Waals surface area contributed by atoms with Crippen LogP contribution in [0.4, 0.5) is 0 Å². The summed E-state index contributed by atoms with van der Waals surface area (Å²) in [6.07, 6.45) is 0.433. The van der Waals surface area contributed by atoms with Crippen LogP contribution in [0.1, 0.15) is 30.4 Å². The van der Waals surface area contributed by atoms with E-state index in [1.807, 2.05) is 0 Å². The molecule has 11 heavy (non-hydrogen) atoms. The number of aliphatic hydroxyl groups is 1. The first kappa shape index (κ1) is 7.87. The van der Waals surface area contributed by atoms with Gasteiger partial charge in [0.2, 0.25) is 12.2 Å². The van der Waals surface area contributed by atoms with Crippen molar-refractivity contribution in [2.75, 3.05) is 0 Å². The van der Waals surface area contributed by atoms with Crippen LogP contribution in [0.25, 0.3) is 0 Å². The van der Waals surface area contributed by atoms with Gasteiger partial charge in [0, 0.05) is 0 Å². The van der Waals surface area contributed by atoms with Gasteiger partial charge in [0.15, 0.2) is 0 Å². The molecule has 1 aromatic heterocycles. The van der Waals surface area contributed by atoms with Crippen molar-refractivity contribution in [3.63, 3.8) is 0 Å². The molecule has 0 spiro atoms. The predicted octanol–water partition coefficient (Wildman–Crippen LogP) is 0.109. The highest BCUT2D eigenvalue weighted by Gasteiger charge is 2.23. The summed E-state index contributed by atoms with van der Waals surface area (Å²) in [7, 11) is 0. The van der Waals surface area contributed by atoms with E-state index in [1.165, 1.54) is 13.8 Å². The van der Waals surface area contributed by atoms with Crippen LogP contribution in [0.2, 0.25) is 0 Å². The third kappa shape index (κ3) is 1.62. The summed E-state index contributed by atoms with van der Waals surface area (Å²) in [5.41, 5.74) is -1.19. The minimum Gasteiger partial charge on any atom is -0.415 e. The molecule has 0 aliphatic heterocycles. The number of nitrogens with zero attached hydrogens (tertiary/aromatic N) is 2. The summed E-state index contributed by atoms with van der Waals surface area (Å²) in [5.74, 6) is -0.0817. The molecule has 1 rings (SSSR count). The molecule has 60 valence electrons. The Morgan fingerprint density at radius 2 is 2.18 bits per heavy atom. The summed E-state index contributed by atoms with van der Waals surface area (Å²) < 4.78 is 4.76. The van der Waals surface area contributed by atoms with Crippen molar-refractivity contribution in [2.45, 2.75) is 19.4 Å². The summed E-state index contributed by atoms with van der Waals surface area (Å²) >= 11 is 0. The zero-order chi connectivity index (χ0) is 8.48. The van der Waals surface area contributed by atoms with Crippen molar-refractivity contribution < 1.29 is 14.3 Å². The van der Waals surface area contributed by atoms with Gasteiger partial charge in [-0.05, 0) is 13.8 Å². The molecule has 0 aromatic carbocycles. The second-order valence-corrected chi connectivity index (χ2v) is 2.62. The molecule has 0 atom stereocenters. The van der Waals surface area contributed by atoms with E-state index < -0.39 is 5.60 Å². The Bertz CT molecular complexity index is 261. The fraction of sp³-hybridized carbons (Fsp3) is 0.500. The largest absolute Gasteiger partial charge is 0.415 e. The Hall–Kier alpha value is -1.23. The second-order valence-electron chi connectivity index (χ2n) is 2.62. The fourth-order valence-electron chi connectivity index (χ4n) is 0.529. The van der Waals surface area contributed by atoms with Crippen molar-refractivity contribution in [3.8, 4) is 0 Å². The normalized spacial score (nSPS) is 11.5. The predicted molar refractivity (Wildman–Crippen MR) is 34.9 cm³/mol. The first-order valence-corrected chi connectivity index (χ1v) is 3.05. The molecular weight excluding hydrogens is 148 g/mol. The second kappa shape index (κ2) is 2.43. The summed E-state index contributed by atoms with van der Waals surface area (Å²) in [4.78, 5) is 10.1. The van der Waals surface area contributed by atoms with Crippen LogP contribution in [0.5, 0.6) is 0 Å². The molecule has 0 unspecified atom stereocenters. The van der Waals surface area contributed by atoms with Crippen molar-refractivity contribution in [2.24, 2.45) is 0 Å². The third-order valence-electron chi connectivity index (χ3n) is 1.06. The standard InChI is InChI=1S/C6H8N2O3/c1-6(2,10)5-8-7-4(3-9)11-5/h3,10H,1-2H3. The van der Waals surface area contributed by atoms with Gasteiger partial charge < -0.3 is 9.52 Å². The molecule has 0 aliphatic carbocycles. The van der Waals surface area contributed by atoms with Gasteiger partial charge in [0.25, 0.3) is 5.89 Å². The lowest BCUT2D eigenvalue weighted by atomic mass is 10.1. The molecule has 0 fully saturated rings. The topological polar surface area (TPSA) is 76.2 Å². The van der Waals surface area contributed by atoms with Crippen LogP contribution in [0.15, 0.2) is 4.42 Å². The highest BCUT2D eigenvalue weighted by Crippen LogP contribution is 2.16. The van der Waals surface area contributed by atoms with Crippen LogP contribution >= 0.6 is 0 Å². The number of hydrogen-bond donors (Lipinski definition) is 1. The summed E-state index contributed by atoms with van der Waals surface area (Å²) in [6, 6.07) is 0. The SMILES string of the molecule is CC(C)(O)c1nnc(C=O)o1. The van der Waals surface area contributed by atoms with Gasteiger partial charge in [-0.1, -0.05) is 0 Å².